The maximum absolute atomic E-state index is 9.00. The van der Waals surface area contributed by atoms with Crippen molar-refractivity contribution in [3.05, 3.63) is 206 Å². The highest BCUT2D eigenvalue weighted by Crippen LogP contribution is 2.42. The van der Waals surface area contributed by atoms with Gasteiger partial charge in [0.1, 0.15) is 16.8 Å². The molecule has 62 heavy (non-hydrogen) atoms. The molecule has 290 valence electrons. The third-order valence-electron chi connectivity index (χ3n) is 11.2. The van der Waals surface area contributed by atoms with E-state index in [0.29, 0.717) is 62.4 Å². The van der Waals surface area contributed by atoms with Gasteiger partial charge in [0.2, 0.25) is 0 Å². The van der Waals surface area contributed by atoms with Crippen LogP contribution in [0.3, 0.4) is 0 Å². The van der Waals surface area contributed by atoms with Crippen LogP contribution in [-0.4, -0.2) is 29.5 Å². The first-order chi connectivity index (χ1) is 32.8. The zero-order valence-corrected chi connectivity index (χ0v) is 32.8. The number of fused-ring (bicyclic) bond motifs is 6. The molecule has 0 unspecified atom stereocenters. The van der Waals surface area contributed by atoms with Crippen LogP contribution in [0, 0.1) is 0 Å². The van der Waals surface area contributed by atoms with Crippen molar-refractivity contribution in [1.29, 1.82) is 0 Å². The Hall–Kier alpha value is -8.55. The van der Waals surface area contributed by atoms with Crippen LogP contribution in [0.25, 0.3) is 117 Å². The normalized spacial score (nSPS) is 12.7. The van der Waals surface area contributed by atoms with E-state index in [4.69, 9.17) is 36.2 Å². The lowest BCUT2D eigenvalue weighted by Gasteiger charge is -2.16. The van der Waals surface area contributed by atoms with E-state index in [1.54, 1.807) is 0 Å². The van der Waals surface area contributed by atoms with Crippen molar-refractivity contribution in [2.75, 3.05) is 0 Å². The molecule has 0 saturated carbocycles. The Morgan fingerprint density at radius 2 is 1.02 bits per heavy atom. The van der Waals surface area contributed by atoms with Gasteiger partial charge in [0, 0.05) is 44.0 Å². The maximum Gasteiger partial charge on any atom is 0.180 e. The fourth-order valence-corrected chi connectivity index (χ4v) is 8.36. The molecular formula is C55H34N6O. The molecule has 7 nitrogen and oxygen atoms in total. The van der Waals surface area contributed by atoms with E-state index in [-0.39, 0.29) is 17.6 Å². The Morgan fingerprint density at radius 1 is 0.419 bits per heavy atom. The highest BCUT2D eigenvalue weighted by molar-refractivity contribution is 6.16. The second-order valence-corrected chi connectivity index (χ2v) is 14.9. The molecule has 0 aliphatic rings. The van der Waals surface area contributed by atoms with Crippen LogP contribution in [0.1, 0.15) is 6.85 Å². The van der Waals surface area contributed by atoms with E-state index in [2.05, 4.69) is 4.57 Å². The van der Waals surface area contributed by atoms with Crippen molar-refractivity contribution in [2.24, 2.45) is 0 Å². The molecule has 0 atom stereocenters. The number of furan rings is 1. The third-order valence-corrected chi connectivity index (χ3v) is 11.2. The summed E-state index contributed by atoms with van der Waals surface area (Å²) in [5.41, 5.74) is 9.42. The van der Waals surface area contributed by atoms with Gasteiger partial charge in [-0.15, -0.1) is 0 Å². The molecule has 0 amide bonds. The summed E-state index contributed by atoms with van der Waals surface area (Å²) >= 11 is 0. The minimum atomic E-state index is -0.444. The number of hydrogen-bond donors (Lipinski definition) is 0. The summed E-state index contributed by atoms with van der Waals surface area (Å²) < 4.78 is 52.0. The number of benzene rings is 8. The van der Waals surface area contributed by atoms with Gasteiger partial charge in [-0.1, -0.05) is 164 Å². The van der Waals surface area contributed by atoms with Gasteiger partial charge in [0.05, 0.1) is 23.6 Å². The Morgan fingerprint density at radius 3 is 1.74 bits per heavy atom. The van der Waals surface area contributed by atoms with Crippen LogP contribution in [-0.2, 0) is 0 Å². The molecule has 4 heterocycles. The summed E-state index contributed by atoms with van der Waals surface area (Å²) in [5, 5.41) is 2.42. The molecule has 0 aliphatic heterocycles. The Kier molecular flexibility index (Phi) is 7.19. The van der Waals surface area contributed by atoms with E-state index >= 15 is 0 Å². The van der Waals surface area contributed by atoms with E-state index in [9.17, 15) is 0 Å². The zero-order valence-electron chi connectivity index (χ0n) is 37.8. The van der Waals surface area contributed by atoms with Crippen molar-refractivity contribution < 1.29 is 11.3 Å². The molecule has 0 fully saturated rings. The van der Waals surface area contributed by atoms with Crippen LogP contribution in [0.4, 0.5) is 0 Å². The van der Waals surface area contributed by atoms with Crippen LogP contribution >= 0.6 is 0 Å². The molecule has 0 N–H and O–H groups in total. The quantitative estimate of drug-likeness (QED) is 0.160. The lowest BCUT2D eigenvalue weighted by Crippen LogP contribution is -2.04. The SMILES string of the molecule is [2H]c1c([2H])c([2H])c(-c2cccc3c2c2ccccc2n3-c2ccc(-c3nc(-c4ccccc4)c4oc5ccccc5c4n3)cc2-c2nc(-c3ccccc3)nc(-c3ccccc3)n2)c([2H])c1[2H]. The van der Waals surface area contributed by atoms with Crippen LogP contribution in [0.5, 0.6) is 0 Å². The van der Waals surface area contributed by atoms with E-state index in [1.165, 1.54) is 0 Å². The van der Waals surface area contributed by atoms with Crippen molar-refractivity contribution in [3.63, 3.8) is 0 Å². The first-order valence-electron chi connectivity index (χ1n) is 22.7. The van der Waals surface area contributed by atoms with E-state index in [1.807, 2.05) is 176 Å². The van der Waals surface area contributed by atoms with Crippen LogP contribution < -0.4 is 0 Å². The molecule has 12 rings (SSSR count). The molecule has 0 spiro atoms. The largest absolute Gasteiger partial charge is 0.452 e. The number of hydrogen-bond acceptors (Lipinski definition) is 6. The molecular weight excluding hydrogens is 761 g/mol. The van der Waals surface area contributed by atoms with Crippen molar-refractivity contribution in [1.82, 2.24) is 29.5 Å². The van der Waals surface area contributed by atoms with Gasteiger partial charge < -0.3 is 8.98 Å². The minimum absolute atomic E-state index is 0.126. The molecule has 7 heteroatoms. The first-order valence-corrected chi connectivity index (χ1v) is 20.2. The van der Waals surface area contributed by atoms with Crippen LogP contribution in [0.2, 0.25) is 0 Å². The first kappa shape index (κ1) is 30.5. The molecule has 0 saturated heterocycles. The number of para-hydroxylation sites is 2. The van der Waals surface area contributed by atoms with Gasteiger partial charge in [0.25, 0.3) is 0 Å². The van der Waals surface area contributed by atoms with Gasteiger partial charge in [-0.25, -0.2) is 24.9 Å². The lowest BCUT2D eigenvalue weighted by molar-refractivity contribution is 0.667. The predicted octanol–water partition coefficient (Wildman–Crippen LogP) is 13.7. The van der Waals surface area contributed by atoms with Crippen molar-refractivity contribution in [2.45, 2.75) is 0 Å². The Bertz CT molecular complexity index is 3850. The highest BCUT2D eigenvalue weighted by atomic mass is 16.3. The van der Waals surface area contributed by atoms with E-state index < -0.39 is 18.1 Å². The van der Waals surface area contributed by atoms with E-state index in [0.717, 1.165) is 49.6 Å². The zero-order chi connectivity index (χ0) is 45.3. The number of aromatic nitrogens is 6. The molecule has 12 aromatic rings. The maximum atomic E-state index is 9.00. The standard InChI is InChI=1S/C55H34N6O/c1-5-18-35(19-6-1)40-28-17-30-46-48(40)41-26-13-15-29-44(41)61(46)45-33-32-39(54-56-49(36-20-7-2-8-21-36)51-50(57-54)42-27-14-16-31-47(42)62-51)34-43(45)55-59-52(37-22-9-3-10-23-37)58-53(60-55)38-24-11-4-12-25-38/h1-34H/i1D,5D,6D,18D,19D. The second kappa shape index (κ2) is 14.6. The van der Waals surface area contributed by atoms with Gasteiger partial charge in [-0.2, -0.15) is 0 Å². The smallest absolute Gasteiger partial charge is 0.180 e. The summed E-state index contributed by atoms with van der Waals surface area (Å²) in [5.74, 6) is 1.84. The van der Waals surface area contributed by atoms with Gasteiger partial charge in [-0.05, 0) is 53.6 Å². The highest BCUT2D eigenvalue weighted by Gasteiger charge is 2.24. The fraction of sp³-hybridized carbons (Fsp3) is 0. The topological polar surface area (TPSA) is 82.5 Å². The average molecular weight is 800 g/mol. The summed E-state index contributed by atoms with van der Waals surface area (Å²) in [6, 6.07) is 55.2. The van der Waals surface area contributed by atoms with Gasteiger partial charge in [0.15, 0.2) is 28.9 Å². The molecule has 0 bridgehead atoms. The molecule has 0 aliphatic carbocycles. The van der Waals surface area contributed by atoms with Crippen molar-refractivity contribution in [3.8, 4) is 73.6 Å². The molecule has 8 aromatic carbocycles. The van der Waals surface area contributed by atoms with Gasteiger partial charge in [-0.3, -0.25) is 0 Å². The Labute approximate surface area is 363 Å². The minimum Gasteiger partial charge on any atom is -0.452 e. The lowest BCUT2D eigenvalue weighted by atomic mass is 9.99. The number of rotatable bonds is 7. The average Bonchev–Trinajstić information content (AvgIpc) is 3.94. The molecule has 0 radical (unpaired) electrons. The predicted molar refractivity (Wildman–Crippen MR) is 250 cm³/mol. The summed E-state index contributed by atoms with van der Waals surface area (Å²) in [6.07, 6.45) is 0. The molecule has 4 aromatic heterocycles. The van der Waals surface area contributed by atoms with Crippen LogP contribution in [0.15, 0.2) is 211 Å². The van der Waals surface area contributed by atoms with Crippen molar-refractivity contribution >= 4 is 43.9 Å². The summed E-state index contributed by atoms with van der Waals surface area (Å²) in [7, 11) is 0. The third kappa shape index (κ3) is 5.94. The number of nitrogens with zero attached hydrogens (tertiary/aromatic N) is 6. The second-order valence-electron chi connectivity index (χ2n) is 14.9. The monoisotopic (exact) mass is 799 g/mol. The van der Waals surface area contributed by atoms with Gasteiger partial charge >= 0.3 is 0 Å². The summed E-state index contributed by atoms with van der Waals surface area (Å²) in [4.78, 5) is 25.9. The summed E-state index contributed by atoms with van der Waals surface area (Å²) in [6.45, 7) is 0. The Balaban J connectivity index is 1.18. The fourth-order valence-electron chi connectivity index (χ4n) is 8.36.